The van der Waals surface area contributed by atoms with Crippen molar-refractivity contribution in [2.24, 2.45) is 0 Å². The van der Waals surface area contributed by atoms with Crippen LogP contribution in [-0.4, -0.2) is 12.0 Å². The molecule has 0 saturated heterocycles. The molecule has 0 saturated carbocycles. The first-order valence-electron chi connectivity index (χ1n) is 5.60. The summed E-state index contributed by atoms with van der Waals surface area (Å²) in [6.07, 6.45) is 0. The van der Waals surface area contributed by atoms with Gasteiger partial charge in [0.1, 0.15) is 5.82 Å². The molecule has 0 atom stereocenters. The lowest BCUT2D eigenvalue weighted by Gasteiger charge is -2.00. The molecule has 2 nitrogen and oxygen atoms in total. The molecule has 1 aromatic heterocycles. The van der Waals surface area contributed by atoms with Crippen LogP contribution in [0.15, 0.2) is 42.5 Å². The summed E-state index contributed by atoms with van der Waals surface area (Å²) in [6, 6.07) is 12.6. The molecule has 4 heteroatoms. The highest BCUT2D eigenvalue weighted by atomic mass is 32.1. The van der Waals surface area contributed by atoms with Crippen LogP contribution in [0.25, 0.3) is 21.3 Å². The summed E-state index contributed by atoms with van der Waals surface area (Å²) in [5.41, 5.74) is 3.07. The zero-order valence-electron chi connectivity index (χ0n) is 9.77. The standard InChI is InChI=1S/C14H11FN2S/c1-16-14-17-12-7-4-10(8-13(12)18-14)9-2-5-11(15)6-3-9/h2-8H,1H3,(H,16,17). The van der Waals surface area contributed by atoms with Crippen molar-refractivity contribution in [1.29, 1.82) is 0 Å². The van der Waals surface area contributed by atoms with Gasteiger partial charge in [-0.2, -0.15) is 0 Å². The fraction of sp³-hybridized carbons (Fsp3) is 0.0714. The average molecular weight is 258 g/mol. The van der Waals surface area contributed by atoms with E-state index >= 15 is 0 Å². The maximum Gasteiger partial charge on any atom is 0.183 e. The van der Waals surface area contributed by atoms with E-state index in [4.69, 9.17) is 0 Å². The van der Waals surface area contributed by atoms with Gasteiger partial charge in [0.05, 0.1) is 10.2 Å². The zero-order valence-corrected chi connectivity index (χ0v) is 10.6. The molecule has 90 valence electrons. The molecule has 0 aliphatic carbocycles. The number of halogens is 1. The molecule has 0 aliphatic heterocycles. The van der Waals surface area contributed by atoms with Gasteiger partial charge in [-0.15, -0.1) is 0 Å². The Morgan fingerprint density at radius 1 is 1.06 bits per heavy atom. The van der Waals surface area contributed by atoms with Crippen molar-refractivity contribution in [2.45, 2.75) is 0 Å². The molecule has 0 spiro atoms. The Bertz CT molecular complexity index is 689. The van der Waals surface area contributed by atoms with Crippen molar-refractivity contribution in [1.82, 2.24) is 4.98 Å². The summed E-state index contributed by atoms with van der Waals surface area (Å²) in [4.78, 5) is 4.43. The lowest BCUT2D eigenvalue weighted by molar-refractivity contribution is 0.628. The molecule has 2 aromatic carbocycles. The monoisotopic (exact) mass is 258 g/mol. The molecule has 0 bridgehead atoms. The zero-order chi connectivity index (χ0) is 12.5. The smallest absolute Gasteiger partial charge is 0.183 e. The third-order valence-electron chi connectivity index (χ3n) is 2.78. The van der Waals surface area contributed by atoms with Crippen molar-refractivity contribution in [3.63, 3.8) is 0 Å². The van der Waals surface area contributed by atoms with Crippen LogP contribution < -0.4 is 5.32 Å². The number of nitrogens with one attached hydrogen (secondary N) is 1. The Morgan fingerprint density at radius 2 is 1.78 bits per heavy atom. The van der Waals surface area contributed by atoms with Crippen LogP contribution >= 0.6 is 11.3 Å². The van der Waals surface area contributed by atoms with Crippen molar-refractivity contribution >= 4 is 26.7 Å². The number of nitrogens with zero attached hydrogens (tertiary/aromatic N) is 1. The molecule has 0 fully saturated rings. The van der Waals surface area contributed by atoms with Crippen molar-refractivity contribution in [2.75, 3.05) is 12.4 Å². The van der Waals surface area contributed by atoms with E-state index in [0.29, 0.717) is 0 Å². The normalized spacial score (nSPS) is 10.8. The second kappa shape index (κ2) is 4.38. The van der Waals surface area contributed by atoms with E-state index in [2.05, 4.69) is 16.4 Å². The van der Waals surface area contributed by atoms with Gasteiger partial charge in [0, 0.05) is 7.05 Å². The maximum absolute atomic E-state index is 12.9. The van der Waals surface area contributed by atoms with Crippen LogP contribution in [0.2, 0.25) is 0 Å². The topological polar surface area (TPSA) is 24.9 Å². The second-order valence-corrected chi connectivity index (χ2v) is 4.99. The molecule has 0 radical (unpaired) electrons. The van der Waals surface area contributed by atoms with Gasteiger partial charge >= 0.3 is 0 Å². The van der Waals surface area contributed by atoms with E-state index in [1.165, 1.54) is 12.1 Å². The van der Waals surface area contributed by atoms with Crippen LogP contribution in [0.1, 0.15) is 0 Å². The highest BCUT2D eigenvalue weighted by molar-refractivity contribution is 7.22. The number of rotatable bonds is 2. The molecule has 0 amide bonds. The maximum atomic E-state index is 12.9. The minimum absolute atomic E-state index is 0.213. The van der Waals surface area contributed by atoms with E-state index in [9.17, 15) is 4.39 Å². The van der Waals surface area contributed by atoms with Gasteiger partial charge in [0.2, 0.25) is 0 Å². The van der Waals surface area contributed by atoms with Crippen molar-refractivity contribution in [3.8, 4) is 11.1 Å². The highest BCUT2D eigenvalue weighted by Gasteiger charge is 2.04. The second-order valence-electron chi connectivity index (χ2n) is 3.96. The molecule has 0 unspecified atom stereocenters. The first-order valence-corrected chi connectivity index (χ1v) is 6.42. The van der Waals surface area contributed by atoms with E-state index in [0.717, 1.165) is 26.5 Å². The van der Waals surface area contributed by atoms with E-state index in [1.54, 1.807) is 23.5 Å². The Hall–Kier alpha value is -1.94. The highest BCUT2D eigenvalue weighted by Crippen LogP contribution is 2.30. The summed E-state index contributed by atoms with van der Waals surface area (Å²) in [5, 5.41) is 3.94. The summed E-state index contributed by atoms with van der Waals surface area (Å²) in [5.74, 6) is -0.213. The summed E-state index contributed by atoms with van der Waals surface area (Å²) >= 11 is 1.61. The molecule has 0 aliphatic rings. The lowest BCUT2D eigenvalue weighted by atomic mass is 10.1. The number of anilines is 1. The van der Waals surface area contributed by atoms with Crippen LogP contribution in [0.4, 0.5) is 9.52 Å². The van der Waals surface area contributed by atoms with Gasteiger partial charge in [0.15, 0.2) is 5.13 Å². The SMILES string of the molecule is CNc1nc2ccc(-c3ccc(F)cc3)cc2s1. The number of thiazole rings is 1. The van der Waals surface area contributed by atoms with Gasteiger partial charge < -0.3 is 5.32 Å². The van der Waals surface area contributed by atoms with E-state index < -0.39 is 0 Å². The molecular formula is C14H11FN2S. The number of benzene rings is 2. The Labute approximate surface area is 108 Å². The molecular weight excluding hydrogens is 247 g/mol. The van der Waals surface area contributed by atoms with Gasteiger partial charge in [-0.05, 0) is 35.4 Å². The number of hydrogen-bond donors (Lipinski definition) is 1. The molecule has 1 heterocycles. The minimum atomic E-state index is -0.213. The number of aromatic nitrogens is 1. The molecule has 3 rings (SSSR count). The van der Waals surface area contributed by atoms with E-state index in [-0.39, 0.29) is 5.82 Å². The number of hydrogen-bond acceptors (Lipinski definition) is 3. The Morgan fingerprint density at radius 3 is 2.50 bits per heavy atom. The van der Waals surface area contributed by atoms with Gasteiger partial charge in [-0.25, -0.2) is 9.37 Å². The van der Waals surface area contributed by atoms with Crippen LogP contribution in [0, 0.1) is 5.82 Å². The van der Waals surface area contributed by atoms with Crippen molar-refractivity contribution in [3.05, 3.63) is 48.3 Å². The average Bonchev–Trinajstić information content (AvgIpc) is 2.81. The van der Waals surface area contributed by atoms with Crippen molar-refractivity contribution < 1.29 is 4.39 Å². The predicted molar refractivity (Wildman–Crippen MR) is 74.6 cm³/mol. The fourth-order valence-corrected chi connectivity index (χ4v) is 2.71. The molecule has 1 N–H and O–H groups in total. The van der Waals surface area contributed by atoms with Crippen LogP contribution in [-0.2, 0) is 0 Å². The predicted octanol–water partition coefficient (Wildman–Crippen LogP) is 4.14. The summed E-state index contributed by atoms with van der Waals surface area (Å²) < 4.78 is 14.0. The van der Waals surface area contributed by atoms with Gasteiger partial charge in [-0.1, -0.05) is 29.5 Å². The first-order chi connectivity index (χ1) is 8.76. The van der Waals surface area contributed by atoms with E-state index in [1.807, 2.05) is 19.2 Å². The quantitative estimate of drug-likeness (QED) is 0.747. The van der Waals surface area contributed by atoms with Crippen LogP contribution in [0.5, 0.6) is 0 Å². The summed E-state index contributed by atoms with van der Waals surface area (Å²) in [6.45, 7) is 0. The molecule has 3 aromatic rings. The van der Waals surface area contributed by atoms with Gasteiger partial charge in [0.25, 0.3) is 0 Å². The van der Waals surface area contributed by atoms with Gasteiger partial charge in [-0.3, -0.25) is 0 Å². The largest absolute Gasteiger partial charge is 0.365 e. The fourth-order valence-electron chi connectivity index (χ4n) is 1.85. The Balaban J connectivity index is 2.09. The third-order valence-corrected chi connectivity index (χ3v) is 3.82. The minimum Gasteiger partial charge on any atom is -0.365 e. The lowest BCUT2D eigenvalue weighted by Crippen LogP contribution is -1.83. The third kappa shape index (κ3) is 1.95. The summed E-state index contributed by atoms with van der Waals surface area (Å²) in [7, 11) is 1.86. The number of fused-ring (bicyclic) bond motifs is 1. The van der Waals surface area contributed by atoms with Crippen LogP contribution in [0.3, 0.4) is 0 Å². The Kier molecular flexibility index (Phi) is 2.72. The first kappa shape index (κ1) is 11.2. The molecule has 18 heavy (non-hydrogen) atoms.